The molecule has 0 saturated heterocycles. The number of halogens is 4. The van der Waals surface area contributed by atoms with Crippen molar-refractivity contribution in [2.45, 2.75) is 0 Å². The number of carbonyl (C=O) groups excluding carboxylic acids is 1. The SMILES string of the molecule is O=C(C(=C(Cl)Cl)c1ccccc1)C(=C(Cl)Cl)c1ccccc1. The summed E-state index contributed by atoms with van der Waals surface area (Å²) in [7, 11) is 0. The smallest absolute Gasteiger partial charge is 0.199 e. The van der Waals surface area contributed by atoms with Crippen molar-refractivity contribution in [2.24, 2.45) is 0 Å². The van der Waals surface area contributed by atoms with Gasteiger partial charge in [-0.2, -0.15) is 0 Å². The Morgan fingerprint density at radius 2 is 0.909 bits per heavy atom. The minimum Gasteiger partial charge on any atom is -0.288 e. The number of Topliss-reactive ketones (excluding diaryl/α,β-unsaturated/α-hetero) is 1. The van der Waals surface area contributed by atoms with Gasteiger partial charge < -0.3 is 0 Å². The quantitative estimate of drug-likeness (QED) is 0.580. The normalized spacial score (nSPS) is 10.0. The van der Waals surface area contributed by atoms with Gasteiger partial charge in [-0.05, 0) is 11.1 Å². The molecule has 0 saturated carbocycles. The fraction of sp³-hybridized carbons (Fsp3) is 0. The molecule has 0 fully saturated rings. The molecule has 2 aromatic carbocycles. The zero-order chi connectivity index (χ0) is 16.1. The highest BCUT2D eigenvalue weighted by Crippen LogP contribution is 2.34. The summed E-state index contributed by atoms with van der Waals surface area (Å²) in [6.45, 7) is 0. The van der Waals surface area contributed by atoms with E-state index in [-0.39, 0.29) is 20.1 Å². The zero-order valence-electron chi connectivity index (χ0n) is 11.2. The molecular formula is C17H10Cl4O. The molecule has 2 aromatic rings. The molecule has 0 aromatic heterocycles. The van der Waals surface area contributed by atoms with Gasteiger partial charge in [0, 0.05) is 0 Å². The van der Waals surface area contributed by atoms with Gasteiger partial charge in [0.05, 0.1) is 11.1 Å². The molecule has 0 aliphatic heterocycles. The summed E-state index contributed by atoms with van der Waals surface area (Å²) in [5.74, 6) is -0.433. The van der Waals surface area contributed by atoms with Crippen molar-refractivity contribution < 1.29 is 4.79 Å². The van der Waals surface area contributed by atoms with E-state index in [1.54, 1.807) is 48.5 Å². The summed E-state index contributed by atoms with van der Waals surface area (Å²) in [5, 5.41) is 0. The van der Waals surface area contributed by atoms with Crippen LogP contribution in [0.25, 0.3) is 11.1 Å². The highest BCUT2D eigenvalue weighted by Gasteiger charge is 2.23. The third kappa shape index (κ3) is 3.93. The first kappa shape index (κ1) is 17.1. The summed E-state index contributed by atoms with van der Waals surface area (Å²) >= 11 is 23.7. The van der Waals surface area contributed by atoms with Crippen molar-refractivity contribution in [2.75, 3.05) is 0 Å². The molecule has 1 nitrogen and oxygen atoms in total. The van der Waals surface area contributed by atoms with Crippen LogP contribution in [0, 0.1) is 0 Å². The largest absolute Gasteiger partial charge is 0.288 e. The van der Waals surface area contributed by atoms with Crippen molar-refractivity contribution in [3.63, 3.8) is 0 Å². The van der Waals surface area contributed by atoms with E-state index in [1.807, 2.05) is 12.1 Å². The maximum Gasteiger partial charge on any atom is 0.199 e. The summed E-state index contributed by atoms with van der Waals surface area (Å²) in [4.78, 5) is 12.9. The summed E-state index contributed by atoms with van der Waals surface area (Å²) < 4.78 is -0.279. The lowest BCUT2D eigenvalue weighted by Crippen LogP contribution is -2.06. The third-order valence-electron chi connectivity index (χ3n) is 2.96. The van der Waals surface area contributed by atoms with Crippen molar-refractivity contribution in [3.05, 3.63) is 80.8 Å². The van der Waals surface area contributed by atoms with E-state index in [1.165, 1.54) is 0 Å². The average Bonchev–Trinajstić information content (AvgIpc) is 2.49. The van der Waals surface area contributed by atoms with Crippen LogP contribution in [0.15, 0.2) is 69.6 Å². The van der Waals surface area contributed by atoms with Gasteiger partial charge in [-0.25, -0.2) is 0 Å². The van der Waals surface area contributed by atoms with Crippen molar-refractivity contribution in [1.82, 2.24) is 0 Å². The van der Waals surface area contributed by atoms with E-state index in [9.17, 15) is 4.79 Å². The van der Waals surface area contributed by atoms with Crippen LogP contribution in [-0.4, -0.2) is 5.78 Å². The van der Waals surface area contributed by atoms with Crippen molar-refractivity contribution >= 4 is 63.3 Å². The lowest BCUT2D eigenvalue weighted by Gasteiger charge is -2.11. The molecule has 0 bridgehead atoms. The molecule has 0 aliphatic rings. The Kier molecular flexibility index (Phi) is 6.10. The lowest BCUT2D eigenvalue weighted by atomic mass is 9.94. The first-order valence-electron chi connectivity index (χ1n) is 6.28. The monoisotopic (exact) mass is 370 g/mol. The van der Waals surface area contributed by atoms with Crippen LogP contribution in [0.2, 0.25) is 0 Å². The van der Waals surface area contributed by atoms with E-state index in [4.69, 9.17) is 46.4 Å². The highest BCUT2D eigenvalue weighted by atomic mass is 35.5. The zero-order valence-corrected chi connectivity index (χ0v) is 14.2. The number of ketones is 1. The number of hydrogen-bond acceptors (Lipinski definition) is 1. The van der Waals surface area contributed by atoms with E-state index in [0.29, 0.717) is 11.1 Å². The van der Waals surface area contributed by atoms with Gasteiger partial charge in [0.1, 0.15) is 8.98 Å². The minimum absolute atomic E-state index is 0.140. The number of carbonyl (C=O) groups is 1. The molecule has 5 heteroatoms. The lowest BCUT2D eigenvalue weighted by molar-refractivity contribution is -0.108. The first-order valence-corrected chi connectivity index (χ1v) is 7.79. The summed E-state index contributed by atoms with van der Waals surface area (Å²) in [6, 6.07) is 17.8. The first-order chi connectivity index (χ1) is 10.5. The highest BCUT2D eigenvalue weighted by molar-refractivity contribution is 6.67. The number of benzene rings is 2. The predicted molar refractivity (Wildman–Crippen MR) is 95.1 cm³/mol. The van der Waals surface area contributed by atoms with Gasteiger partial charge in [0.25, 0.3) is 0 Å². The van der Waals surface area contributed by atoms with Gasteiger partial charge in [-0.1, -0.05) is 107 Å². The van der Waals surface area contributed by atoms with Crippen molar-refractivity contribution in [1.29, 1.82) is 0 Å². The Hall–Kier alpha value is -1.25. The second kappa shape index (κ2) is 7.85. The number of hydrogen-bond donors (Lipinski definition) is 0. The minimum atomic E-state index is -0.433. The van der Waals surface area contributed by atoms with Crippen LogP contribution in [0.1, 0.15) is 11.1 Å². The van der Waals surface area contributed by atoms with E-state index in [2.05, 4.69) is 0 Å². The molecule has 0 heterocycles. The molecule has 0 unspecified atom stereocenters. The standard InChI is InChI=1S/C17H10Cl4O/c18-16(19)13(11-7-3-1-4-8-11)15(22)14(17(20)21)12-9-5-2-6-10-12/h1-10H. The summed E-state index contributed by atoms with van der Waals surface area (Å²) in [6.07, 6.45) is 0. The van der Waals surface area contributed by atoms with Crippen LogP contribution in [0.5, 0.6) is 0 Å². The average molecular weight is 372 g/mol. The van der Waals surface area contributed by atoms with Gasteiger partial charge in [-0.15, -0.1) is 0 Å². The predicted octanol–water partition coefficient (Wildman–Crippen LogP) is 6.25. The molecular weight excluding hydrogens is 362 g/mol. The molecule has 0 atom stereocenters. The maximum atomic E-state index is 12.9. The molecule has 112 valence electrons. The van der Waals surface area contributed by atoms with Gasteiger partial charge in [0.2, 0.25) is 0 Å². The van der Waals surface area contributed by atoms with Gasteiger partial charge in [0.15, 0.2) is 5.78 Å². The molecule has 0 spiro atoms. The summed E-state index contributed by atoms with van der Waals surface area (Å²) in [5.41, 5.74) is 1.49. The molecule has 0 aliphatic carbocycles. The molecule has 0 amide bonds. The topological polar surface area (TPSA) is 17.1 Å². The van der Waals surface area contributed by atoms with Crippen LogP contribution in [-0.2, 0) is 4.79 Å². The van der Waals surface area contributed by atoms with Crippen LogP contribution in [0.4, 0.5) is 0 Å². The van der Waals surface area contributed by atoms with E-state index in [0.717, 1.165) is 0 Å². The molecule has 0 radical (unpaired) electrons. The van der Waals surface area contributed by atoms with Gasteiger partial charge >= 0.3 is 0 Å². The van der Waals surface area contributed by atoms with Crippen LogP contribution >= 0.6 is 46.4 Å². The Bertz CT molecular complexity index is 662. The van der Waals surface area contributed by atoms with E-state index >= 15 is 0 Å². The molecule has 2 rings (SSSR count). The molecule has 22 heavy (non-hydrogen) atoms. The number of allylic oxidation sites excluding steroid dienone is 2. The fourth-order valence-corrected chi connectivity index (χ4v) is 2.77. The van der Waals surface area contributed by atoms with Crippen molar-refractivity contribution in [3.8, 4) is 0 Å². The Labute approximate surface area is 148 Å². The van der Waals surface area contributed by atoms with Gasteiger partial charge in [-0.3, -0.25) is 4.79 Å². The van der Waals surface area contributed by atoms with E-state index < -0.39 is 5.78 Å². The second-order valence-corrected chi connectivity index (χ2v) is 6.23. The third-order valence-corrected chi connectivity index (χ3v) is 3.71. The Balaban J connectivity index is 2.57. The Morgan fingerprint density at radius 1 is 0.591 bits per heavy atom. The second-order valence-electron chi connectivity index (χ2n) is 4.33. The van der Waals surface area contributed by atoms with Crippen LogP contribution in [0.3, 0.4) is 0 Å². The van der Waals surface area contributed by atoms with Crippen LogP contribution < -0.4 is 0 Å². The number of rotatable bonds is 4. The fourth-order valence-electron chi connectivity index (χ4n) is 1.99. The Morgan fingerprint density at radius 3 is 1.18 bits per heavy atom. The molecule has 0 N–H and O–H groups in total. The maximum absolute atomic E-state index is 12.9.